The molecule has 0 N–H and O–H groups in total. The lowest BCUT2D eigenvalue weighted by Gasteiger charge is -2.27. The van der Waals surface area contributed by atoms with Gasteiger partial charge in [0.2, 0.25) is 5.71 Å². The zero-order chi connectivity index (χ0) is 15.3. The molecule has 0 unspecified atom stereocenters. The van der Waals surface area contributed by atoms with Gasteiger partial charge in [-0.1, -0.05) is 12.1 Å². The zero-order valence-corrected chi connectivity index (χ0v) is 12.3. The maximum Gasteiger partial charge on any atom is 0.227 e. The molecule has 0 fully saturated rings. The second-order valence-electron chi connectivity index (χ2n) is 5.41. The van der Waals surface area contributed by atoms with Crippen LogP contribution in [0.1, 0.15) is 6.92 Å². The molecule has 2 aromatic heterocycles. The number of nitrogens with zero attached hydrogens (tertiary/aromatic N) is 4. The molecule has 4 rings (SSSR count). The summed E-state index contributed by atoms with van der Waals surface area (Å²) in [5, 5.41) is 11.4. The van der Waals surface area contributed by atoms with E-state index in [0.717, 1.165) is 22.0 Å². The minimum absolute atomic E-state index is 0.0569. The summed E-state index contributed by atoms with van der Waals surface area (Å²) in [4.78, 5) is 8.29. The van der Waals surface area contributed by atoms with E-state index in [9.17, 15) is 5.26 Å². The smallest absolute Gasteiger partial charge is 0.227 e. The number of furan rings is 1. The molecule has 0 spiro atoms. The van der Waals surface area contributed by atoms with Gasteiger partial charge in [0.05, 0.1) is 5.69 Å². The highest BCUT2D eigenvalue weighted by Gasteiger charge is 2.30. The molecule has 5 heteroatoms. The van der Waals surface area contributed by atoms with Gasteiger partial charge >= 0.3 is 0 Å². The number of rotatable bonds is 1. The van der Waals surface area contributed by atoms with Crippen molar-refractivity contribution in [2.45, 2.75) is 13.1 Å². The minimum Gasteiger partial charge on any atom is -0.436 e. The maximum absolute atomic E-state index is 9.42. The molecule has 1 atom stereocenters. The molecule has 1 aromatic carbocycles. The summed E-state index contributed by atoms with van der Waals surface area (Å²) in [6.45, 7) is 2.06. The van der Waals surface area contributed by atoms with Crippen LogP contribution in [-0.2, 0) is 0 Å². The third-order valence-electron chi connectivity index (χ3n) is 4.18. The van der Waals surface area contributed by atoms with Crippen molar-refractivity contribution in [3.63, 3.8) is 0 Å². The Balaban J connectivity index is 2.00. The Morgan fingerprint density at radius 2 is 2.05 bits per heavy atom. The fourth-order valence-corrected chi connectivity index (χ4v) is 2.97. The number of allylic oxidation sites excluding steroid dienone is 1. The van der Waals surface area contributed by atoms with Gasteiger partial charge in [-0.25, -0.2) is 4.98 Å². The van der Waals surface area contributed by atoms with E-state index in [1.54, 1.807) is 6.20 Å². The summed E-state index contributed by atoms with van der Waals surface area (Å²) >= 11 is 0. The Kier molecular flexibility index (Phi) is 2.60. The van der Waals surface area contributed by atoms with Crippen molar-refractivity contribution in [2.75, 3.05) is 11.9 Å². The van der Waals surface area contributed by atoms with Crippen molar-refractivity contribution in [3.05, 3.63) is 48.4 Å². The van der Waals surface area contributed by atoms with Gasteiger partial charge in [-0.05, 0) is 25.1 Å². The summed E-state index contributed by atoms with van der Waals surface area (Å²) in [6, 6.07) is 12.1. The lowest BCUT2D eigenvalue weighted by atomic mass is 10.1. The Hall–Kier alpha value is -3.00. The number of pyridine rings is 1. The van der Waals surface area contributed by atoms with Gasteiger partial charge < -0.3 is 14.2 Å². The summed E-state index contributed by atoms with van der Waals surface area (Å²) in [7, 11) is 1.96. The van der Waals surface area contributed by atoms with E-state index in [-0.39, 0.29) is 6.17 Å². The molecular formula is C17H14N4O. The highest BCUT2D eigenvalue weighted by atomic mass is 16.3. The van der Waals surface area contributed by atoms with Crippen LogP contribution in [0.4, 0.5) is 5.69 Å². The number of nitriles is 1. The van der Waals surface area contributed by atoms with Crippen molar-refractivity contribution in [3.8, 4) is 6.07 Å². The Labute approximate surface area is 127 Å². The van der Waals surface area contributed by atoms with Crippen LogP contribution in [-0.4, -0.2) is 23.1 Å². The average Bonchev–Trinajstić information content (AvgIpc) is 3.05. The number of anilines is 1. The van der Waals surface area contributed by atoms with Crippen LogP contribution in [0.3, 0.4) is 0 Å². The van der Waals surface area contributed by atoms with Gasteiger partial charge in [0.1, 0.15) is 17.9 Å². The predicted molar refractivity (Wildman–Crippen MR) is 84.9 cm³/mol. The molecule has 3 heterocycles. The van der Waals surface area contributed by atoms with Crippen LogP contribution in [0, 0.1) is 11.3 Å². The lowest BCUT2D eigenvalue weighted by molar-refractivity contribution is 0.382. The maximum atomic E-state index is 9.42. The first-order valence-electron chi connectivity index (χ1n) is 7.10. The molecular weight excluding hydrogens is 276 g/mol. The van der Waals surface area contributed by atoms with Gasteiger partial charge in [0.15, 0.2) is 5.58 Å². The van der Waals surface area contributed by atoms with Crippen LogP contribution in [0.15, 0.2) is 52.8 Å². The molecule has 0 aliphatic carbocycles. The van der Waals surface area contributed by atoms with Crippen LogP contribution < -0.4 is 4.90 Å². The normalized spacial score (nSPS) is 18.0. The fourth-order valence-electron chi connectivity index (χ4n) is 2.97. The summed E-state index contributed by atoms with van der Waals surface area (Å²) in [5.41, 5.74) is 2.88. The topological polar surface area (TPSA) is 56.3 Å². The van der Waals surface area contributed by atoms with E-state index in [1.807, 2.05) is 53.4 Å². The Bertz CT molecular complexity index is 950. The largest absolute Gasteiger partial charge is 0.436 e. The number of para-hydroxylation sites is 1. The first-order valence-corrected chi connectivity index (χ1v) is 7.10. The molecule has 0 radical (unpaired) electrons. The van der Waals surface area contributed by atoms with Gasteiger partial charge in [0, 0.05) is 30.2 Å². The van der Waals surface area contributed by atoms with Gasteiger partial charge in [-0.2, -0.15) is 5.26 Å². The molecule has 1 aliphatic rings. The monoisotopic (exact) mass is 290 g/mol. The van der Waals surface area contributed by atoms with Crippen LogP contribution in [0.2, 0.25) is 0 Å². The Morgan fingerprint density at radius 3 is 2.86 bits per heavy atom. The minimum atomic E-state index is 0.0569. The molecule has 108 valence electrons. The molecule has 22 heavy (non-hydrogen) atoms. The Morgan fingerprint density at radius 1 is 1.23 bits per heavy atom. The van der Waals surface area contributed by atoms with E-state index in [4.69, 9.17) is 4.42 Å². The number of hydrogen-bond acceptors (Lipinski definition) is 5. The molecule has 0 saturated heterocycles. The second-order valence-corrected chi connectivity index (χ2v) is 5.41. The molecule has 1 aliphatic heterocycles. The van der Waals surface area contributed by atoms with Crippen LogP contribution in [0.5, 0.6) is 0 Å². The third kappa shape index (κ3) is 1.61. The third-order valence-corrected chi connectivity index (χ3v) is 4.18. The van der Waals surface area contributed by atoms with Crippen LogP contribution in [0.25, 0.3) is 22.1 Å². The van der Waals surface area contributed by atoms with Crippen molar-refractivity contribution in [1.82, 2.24) is 9.88 Å². The molecule has 0 amide bonds. The van der Waals surface area contributed by atoms with E-state index in [0.29, 0.717) is 11.4 Å². The number of aromatic nitrogens is 1. The zero-order valence-electron chi connectivity index (χ0n) is 12.3. The molecule has 5 nitrogen and oxygen atoms in total. The van der Waals surface area contributed by atoms with Crippen molar-refractivity contribution >= 4 is 27.8 Å². The van der Waals surface area contributed by atoms with E-state index >= 15 is 0 Å². The fraction of sp³-hybridized carbons (Fsp3) is 0.176. The number of hydrogen-bond donors (Lipinski definition) is 0. The quantitative estimate of drug-likeness (QED) is 0.687. The average molecular weight is 290 g/mol. The van der Waals surface area contributed by atoms with Gasteiger partial charge in [-0.3, -0.25) is 0 Å². The van der Waals surface area contributed by atoms with Crippen molar-refractivity contribution < 1.29 is 4.42 Å². The predicted octanol–water partition coefficient (Wildman–Crippen LogP) is 3.44. The molecule has 0 bridgehead atoms. The van der Waals surface area contributed by atoms with Crippen molar-refractivity contribution in [1.29, 1.82) is 5.26 Å². The lowest BCUT2D eigenvalue weighted by Crippen LogP contribution is -2.35. The number of benzene rings is 1. The van der Waals surface area contributed by atoms with Crippen molar-refractivity contribution in [2.24, 2.45) is 0 Å². The first kappa shape index (κ1) is 12.7. The van der Waals surface area contributed by atoms with E-state index in [1.165, 1.54) is 0 Å². The first-order chi connectivity index (χ1) is 10.7. The highest BCUT2D eigenvalue weighted by molar-refractivity contribution is 6.08. The van der Waals surface area contributed by atoms with Gasteiger partial charge in [0.25, 0.3) is 0 Å². The summed E-state index contributed by atoms with van der Waals surface area (Å²) in [5.74, 6) is 0. The SMILES string of the molecule is C[C@H]1N(C)C=C(C#N)N1c1cccc2c1oc1ncccc12. The number of fused-ring (bicyclic) bond motifs is 3. The van der Waals surface area contributed by atoms with E-state index < -0.39 is 0 Å². The van der Waals surface area contributed by atoms with Gasteiger partial charge in [-0.15, -0.1) is 0 Å². The van der Waals surface area contributed by atoms with Crippen LogP contribution >= 0.6 is 0 Å². The van der Waals surface area contributed by atoms with E-state index in [2.05, 4.69) is 18.0 Å². The molecule has 0 saturated carbocycles. The standard InChI is InChI=1S/C17H14N4O/c1-11-20(2)10-12(9-18)21(11)15-7-3-5-13-14-6-4-8-19-17(14)22-16(13)15/h3-8,10-11H,1-2H3/t11-/m0/s1. The summed E-state index contributed by atoms with van der Waals surface area (Å²) < 4.78 is 5.96. The second kappa shape index (κ2) is 4.50. The highest BCUT2D eigenvalue weighted by Crippen LogP contribution is 2.38. The summed E-state index contributed by atoms with van der Waals surface area (Å²) in [6.07, 6.45) is 3.63. The molecule has 3 aromatic rings.